The Hall–Kier alpha value is -1.97. The normalized spacial score (nSPS) is 21.4. The Labute approximate surface area is 150 Å². The number of amides is 1. The molecule has 0 N–H and O–H groups in total. The third-order valence-electron chi connectivity index (χ3n) is 6.26. The Morgan fingerprint density at radius 1 is 1.12 bits per heavy atom. The van der Waals surface area contributed by atoms with Gasteiger partial charge < -0.3 is 14.0 Å². The minimum atomic E-state index is 0.133. The van der Waals surface area contributed by atoms with Gasteiger partial charge in [-0.15, -0.1) is 0 Å². The van der Waals surface area contributed by atoms with Crippen molar-refractivity contribution in [2.45, 2.75) is 71.5 Å². The van der Waals surface area contributed by atoms with Gasteiger partial charge in [0.15, 0.2) is 0 Å². The molecule has 4 nitrogen and oxygen atoms in total. The van der Waals surface area contributed by atoms with E-state index in [1.807, 2.05) is 4.90 Å². The fraction of sp³-hybridized carbons (Fsp3) is 0.571. The minimum Gasteiger partial charge on any atom is -0.348 e. The van der Waals surface area contributed by atoms with Gasteiger partial charge in [-0.2, -0.15) is 0 Å². The first-order chi connectivity index (χ1) is 12.1. The summed E-state index contributed by atoms with van der Waals surface area (Å²) in [7, 11) is 0. The molecule has 0 radical (unpaired) electrons. The highest BCUT2D eigenvalue weighted by atomic mass is 16.2. The molecule has 134 valence electrons. The van der Waals surface area contributed by atoms with Crippen LogP contribution in [0.5, 0.6) is 0 Å². The van der Waals surface area contributed by atoms with Gasteiger partial charge in [-0.1, -0.05) is 19.3 Å². The lowest BCUT2D eigenvalue weighted by atomic mass is 9.95. The van der Waals surface area contributed by atoms with E-state index in [1.54, 1.807) is 0 Å². The molecule has 1 amide bonds. The standard InChI is InChI=1S/C21H29N3O/c1-15-14-19(16(2)24(15)18-8-5-4-6-9-18)21(25)23-13-12-22-11-7-10-20(22)17(23)3/h7,10-11,14,17-18H,4-6,8-9,12-13H2,1-3H3. The Balaban J connectivity index is 1.63. The lowest BCUT2D eigenvalue weighted by molar-refractivity contribution is 0.0643. The van der Waals surface area contributed by atoms with E-state index >= 15 is 0 Å². The Kier molecular flexibility index (Phi) is 4.22. The molecule has 4 rings (SSSR count). The number of carbonyl (C=O) groups excluding carboxylic acids is 1. The summed E-state index contributed by atoms with van der Waals surface area (Å²) in [5.74, 6) is 0.190. The van der Waals surface area contributed by atoms with Crippen molar-refractivity contribution in [1.29, 1.82) is 0 Å². The molecule has 3 heterocycles. The molecule has 1 fully saturated rings. The third-order valence-corrected chi connectivity index (χ3v) is 6.26. The molecule has 0 aromatic carbocycles. The predicted molar refractivity (Wildman–Crippen MR) is 99.9 cm³/mol. The molecule has 1 unspecified atom stereocenters. The molecule has 2 aromatic rings. The summed E-state index contributed by atoms with van der Waals surface area (Å²) in [5, 5.41) is 0. The van der Waals surface area contributed by atoms with E-state index in [0.717, 1.165) is 24.3 Å². The summed E-state index contributed by atoms with van der Waals surface area (Å²) in [5.41, 5.74) is 4.53. The quantitative estimate of drug-likeness (QED) is 0.784. The molecule has 0 saturated heterocycles. The van der Waals surface area contributed by atoms with Gasteiger partial charge in [0.25, 0.3) is 5.91 Å². The van der Waals surface area contributed by atoms with Crippen molar-refractivity contribution in [1.82, 2.24) is 14.0 Å². The predicted octanol–water partition coefficient (Wildman–Crippen LogP) is 4.63. The van der Waals surface area contributed by atoms with Crippen LogP contribution in [0, 0.1) is 13.8 Å². The van der Waals surface area contributed by atoms with Gasteiger partial charge in [0.2, 0.25) is 0 Å². The number of carbonyl (C=O) groups is 1. The van der Waals surface area contributed by atoms with Crippen molar-refractivity contribution in [3.05, 3.63) is 47.0 Å². The van der Waals surface area contributed by atoms with Gasteiger partial charge in [0, 0.05) is 42.4 Å². The largest absolute Gasteiger partial charge is 0.348 e. The molecule has 1 atom stereocenters. The minimum absolute atomic E-state index is 0.133. The van der Waals surface area contributed by atoms with E-state index in [2.05, 4.69) is 54.3 Å². The second-order valence-electron chi connectivity index (χ2n) is 7.75. The van der Waals surface area contributed by atoms with Crippen LogP contribution >= 0.6 is 0 Å². The maximum Gasteiger partial charge on any atom is 0.256 e. The van der Waals surface area contributed by atoms with Crippen LogP contribution in [0.1, 0.15) is 78.6 Å². The lowest BCUT2D eigenvalue weighted by Crippen LogP contribution is -2.40. The molecule has 1 aliphatic heterocycles. The zero-order valence-corrected chi connectivity index (χ0v) is 15.7. The SMILES string of the molecule is Cc1cc(C(=O)N2CCn3cccc3C2C)c(C)n1C1CCCCC1. The van der Waals surface area contributed by atoms with Crippen LogP contribution in [0.25, 0.3) is 0 Å². The highest BCUT2D eigenvalue weighted by Crippen LogP contribution is 2.34. The highest BCUT2D eigenvalue weighted by molar-refractivity contribution is 5.96. The van der Waals surface area contributed by atoms with E-state index in [4.69, 9.17) is 0 Å². The highest BCUT2D eigenvalue weighted by Gasteiger charge is 2.31. The maximum atomic E-state index is 13.3. The zero-order valence-electron chi connectivity index (χ0n) is 15.7. The zero-order chi connectivity index (χ0) is 17.6. The van der Waals surface area contributed by atoms with Crippen LogP contribution in [0.4, 0.5) is 0 Å². The van der Waals surface area contributed by atoms with Gasteiger partial charge in [-0.25, -0.2) is 0 Å². The molecule has 1 saturated carbocycles. The Morgan fingerprint density at radius 3 is 2.64 bits per heavy atom. The Morgan fingerprint density at radius 2 is 1.88 bits per heavy atom. The van der Waals surface area contributed by atoms with Gasteiger partial charge in [0.1, 0.15) is 0 Å². The first kappa shape index (κ1) is 16.5. The average Bonchev–Trinajstić information content (AvgIpc) is 3.20. The van der Waals surface area contributed by atoms with E-state index in [1.165, 1.54) is 43.5 Å². The lowest BCUT2D eigenvalue weighted by Gasteiger charge is -2.35. The van der Waals surface area contributed by atoms with Crippen LogP contribution < -0.4 is 0 Å². The van der Waals surface area contributed by atoms with Crippen molar-refractivity contribution < 1.29 is 4.79 Å². The second-order valence-corrected chi connectivity index (χ2v) is 7.75. The maximum absolute atomic E-state index is 13.3. The number of hydrogen-bond donors (Lipinski definition) is 0. The van der Waals surface area contributed by atoms with E-state index < -0.39 is 0 Å². The van der Waals surface area contributed by atoms with Crippen molar-refractivity contribution in [3.63, 3.8) is 0 Å². The van der Waals surface area contributed by atoms with Crippen LogP contribution in [0.3, 0.4) is 0 Å². The van der Waals surface area contributed by atoms with Crippen molar-refractivity contribution in [2.75, 3.05) is 6.54 Å². The molecule has 4 heteroatoms. The topological polar surface area (TPSA) is 30.2 Å². The first-order valence-electron chi connectivity index (χ1n) is 9.72. The molecular formula is C21H29N3O. The van der Waals surface area contributed by atoms with Crippen molar-refractivity contribution >= 4 is 5.91 Å². The van der Waals surface area contributed by atoms with E-state index in [0.29, 0.717) is 6.04 Å². The van der Waals surface area contributed by atoms with Crippen LogP contribution in [0.15, 0.2) is 24.4 Å². The van der Waals surface area contributed by atoms with Crippen LogP contribution in [-0.4, -0.2) is 26.5 Å². The molecular weight excluding hydrogens is 310 g/mol. The number of hydrogen-bond acceptors (Lipinski definition) is 1. The number of aromatic nitrogens is 2. The van der Waals surface area contributed by atoms with Crippen LogP contribution in [0.2, 0.25) is 0 Å². The molecule has 2 aliphatic rings. The van der Waals surface area contributed by atoms with Gasteiger partial charge >= 0.3 is 0 Å². The van der Waals surface area contributed by atoms with Crippen LogP contribution in [-0.2, 0) is 6.54 Å². The second kappa shape index (κ2) is 6.40. The van der Waals surface area contributed by atoms with Crippen molar-refractivity contribution in [3.8, 4) is 0 Å². The number of rotatable bonds is 2. The monoisotopic (exact) mass is 339 g/mol. The molecule has 25 heavy (non-hydrogen) atoms. The fourth-order valence-corrected chi connectivity index (χ4v) is 4.91. The number of fused-ring (bicyclic) bond motifs is 1. The van der Waals surface area contributed by atoms with E-state index in [-0.39, 0.29) is 11.9 Å². The summed E-state index contributed by atoms with van der Waals surface area (Å²) in [6.07, 6.45) is 8.58. The van der Waals surface area contributed by atoms with Gasteiger partial charge in [-0.05, 0) is 51.8 Å². The molecule has 0 bridgehead atoms. The van der Waals surface area contributed by atoms with Crippen molar-refractivity contribution in [2.24, 2.45) is 0 Å². The molecule has 1 aliphatic carbocycles. The smallest absolute Gasteiger partial charge is 0.256 e. The number of nitrogens with zero attached hydrogens (tertiary/aromatic N) is 3. The van der Waals surface area contributed by atoms with Gasteiger partial charge in [-0.3, -0.25) is 4.79 Å². The first-order valence-corrected chi connectivity index (χ1v) is 9.72. The molecule has 2 aromatic heterocycles. The summed E-state index contributed by atoms with van der Waals surface area (Å²) in [4.78, 5) is 15.4. The van der Waals surface area contributed by atoms with E-state index in [9.17, 15) is 4.79 Å². The average molecular weight is 339 g/mol. The molecule has 0 spiro atoms. The third kappa shape index (κ3) is 2.72. The fourth-order valence-electron chi connectivity index (χ4n) is 4.91. The summed E-state index contributed by atoms with van der Waals surface area (Å²) >= 11 is 0. The summed E-state index contributed by atoms with van der Waals surface area (Å²) in [6.45, 7) is 8.10. The Bertz CT molecular complexity index is 779. The summed E-state index contributed by atoms with van der Waals surface area (Å²) in [6, 6.07) is 7.04. The van der Waals surface area contributed by atoms with Gasteiger partial charge in [0.05, 0.1) is 11.6 Å². The number of aryl methyl sites for hydroxylation is 1. The summed E-state index contributed by atoms with van der Waals surface area (Å²) < 4.78 is 4.70.